The fourth-order valence-corrected chi connectivity index (χ4v) is 3.46. The molecule has 2 aliphatic carbocycles. The SMILES string of the molecule is CSNCCCCCC1CC2C=CC1C2. The van der Waals surface area contributed by atoms with Gasteiger partial charge in [0, 0.05) is 6.54 Å². The summed E-state index contributed by atoms with van der Waals surface area (Å²) in [5, 5.41) is 0. The number of unbranched alkanes of at least 4 members (excludes halogenated alkanes) is 2. The van der Waals surface area contributed by atoms with Gasteiger partial charge in [-0.15, -0.1) is 0 Å². The highest BCUT2D eigenvalue weighted by atomic mass is 32.2. The highest BCUT2D eigenvalue weighted by Gasteiger charge is 2.34. The zero-order chi connectivity index (χ0) is 10.5. The highest BCUT2D eigenvalue weighted by Crippen LogP contribution is 2.45. The molecule has 86 valence electrons. The maximum atomic E-state index is 3.31. The number of fused-ring (bicyclic) bond motifs is 2. The molecule has 0 aromatic carbocycles. The number of hydrogen-bond donors (Lipinski definition) is 1. The van der Waals surface area contributed by atoms with Gasteiger partial charge < -0.3 is 0 Å². The second-order valence-electron chi connectivity index (χ2n) is 4.99. The molecule has 1 nitrogen and oxygen atoms in total. The van der Waals surface area contributed by atoms with Crippen LogP contribution in [0.2, 0.25) is 0 Å². The summed E-state index contributed by atoms with van der Waals surface area (Å²) in [6, 6.07) is 0. The second-order valence-corrected chi connectivity index (χ2v) is 5.69. The Morgan fingerprint density at radius 1 is 1.20 bits per heavy atom. The molecule has 1 N–H and O–H groups in total. The van der Waals surface area contributed by atoms with Gasteiger partial charge in [-0.25, -0.2) is 0 Å². The summed E-state index contributed by atoms with van der Waals surface area (Å²) in [4.78, 5) is 0. The van der Waals surface area contributed by atoms with Crippen molar-refractivity contribution in [3.8, 4) is 0 Å². The predicted molar refractivity (Wildman–Crippen MR) is 68.8 cm³/mol. The van der Waals surface area contributed by atoms with Gasteiger partial charge in [0.05, 0.1) is 0 Å². The van der Waals surface area contributed by atoms with E-state index < -0.39 is 0 Å². The van der Waals surface area contributed by atoms with Crippen LogP contribution in [0.25, 0.3) is 0 Å². The molecular formula is C13H23NS. The van der Waals surface area contributed by atoms with Crippen molar-refractivity contribution in [3.63, 3.8) is 0 Å². The minimum atomic E-state index is 0.957. The van der Waals surface area contributed by atoms with Crippen molar-refractivity contribution in [2.75, 3.05) is 12.8 Å². The Kier molecular flexibility index (Phi) is 4.58. The van der Waals surface area contributed by atoms with Crippen LogP contribution in [0.1, 0.15) is 38.5 Å². The smallest absolute Gasteiger partial charge is 0.00584 e. The Hall–Kier alpha value is 0.0500. The summed E-state index contributed by atoms with van der Waals surface area (Å²) in [6.45, 7) is 1.18. The Morgan fingerprint density at radius 3 is 2.80 bits per heavy atom. The average Bonchev–Trinajstić information content (AvgIpc) is 2.85. The minimum Gasteiger partial charge on any atom is -0.264 e. The quantitative estimate of drug-likeness (QED) is 0.403. The van der Waals surface area contributed by atoms with Crippen molar-refractivity contribution in [1.82, 2.24) is 4.72 Å². The van der Waals surface area contributed by atoms with Gasteiger partial charge in [-0.1, -0.05) is 36.9 Å². The lowest BCUT2D eigenvalue weighted by Gasteiger charge is -2.17. The van der Waals surface area contributed by atoms with E-state index in [1.807, 2.05) is 0 Å². The first-order valence-corrected chi connectivity index (χ1v) is 7.57. The van der Waals surface area contributed by atoms with E-state index in [-0.39, 0.29) is 0 Å². The number of hydrogen-bond acceptors (Lipinski definition) is 2. The summed E-state index contributed by atoms with van der Waals surface area (Å²) in [6.07, 6.45) is 15.7. The summed E-state index contributed by atoms with van der Waals surface area (Å²) >= 11 is 1.74. The van der Waals surface area contributed by atoms with E-state index in [0.717, 1.165) is 17.8 Å². The number of rotatable bonds is 7. The third kappa shape index (κ3) is 3.25. The monoisotopic (exact) mass is 225 g/mol. The first kappa shape index (κ1) is 11.5. The molecule has 3 unspecified atom stereocenters. The molecule has 0 spiro atoms. The van der Waals surface area contributed by atoms with Crippen LogP contribution >= 0.6 is 11.9 Å². The molecule has 3 atom stereocenters. The van der Waals surface area contributed by atoms with E-state index in [1.165, 1.54) is 45.1 Å². The van der Waals surface area contributed by atoms with Gasteiger partial charge in [-0.05, 0) is 49.7 Å². The maximum absolute atomic E-state index is 3.31. The first-order chi connectivity index (χ1) is 7.40. The Morgan fingerprint density at radius 2 is 2.13 bits per heavy atom. The van der Waals surface area contributed by atoms with Crippen LogP contribution in [-0.2, 0) is 0 Å². The molecule has 2 rings (SSSR count). The van der Waals surface area contributed by atoms with E-state index in [1.54, 1.807) is 11.9 Å². The molecule has 2 bridgehead atoms. The molecule has 0 aromatic heterocycles. The third-order valence-corrected chi connectivity index (χ3v) is 4.41. The van der Waals surface area contributed by atoms with Crippen LogP contribution in [-0.4, -0.2) is 12.8 Å². The fourth-order valence-electron chi connectivity index (χ4n) is 3.11. The first-order valence-electron chi connectivity index (χ1n) is 6.34. The topological polar surface area (TPSA) is 12.0 Å². The molecule has 0 aromatic rings. The van der Waals surface area contributed by atoms with Crippen LogP contribution < -0.4 is 4.72 Å². The lowest BCUT2D eigenvalue weighted by molar-refractivity contribution is 0.396. The Balaban J connectivity index is 1.50. The molecule has 1 fully saturated rings. The fraction of sp³-hybridized carbons (Fsp3) is 0.846. The molecule has 0 saturated heterocycles. The van der Waals surface area contributed by atoms with Crippen LogP contribution in [0.5, 0.6) is 0 Å². The average molecular weight is 225 g/mol. The zero-order valence-electron chi connectivity index (χ0n) is 9.74. The van der Waals surface area contributed by atoms with Crippen molar-refractivity contribution in [3.05, 3.63) is 12.2 Å². The van der Waals surface area contributed by atoms with Crippen molar-refractivity contribution >= 4 is 11.9 Å². The zero-order valence-corrected chi connectivity index (χ0v) is 10.6. The highest BCUT2D eigenvalue weighted by molar-refractivity contribution is 7.96. The lowest BCUT2D eigenvalue weighted by atomic mass is 9.89. The van der Waals surface area contributed by atoms with E-state index >= 15 is 0 Å². The van der Waals surface area contributed by atoms with Crippen molar-refractivity contribution in [2.24, 2.45) is 17.8 Å². The molecule has 15 heavy (non-hydrogen) atoms. The molecule has 0 aliphatic heterocycles. The van der Waals surface area contributed by atoms with Crippen molar-refractivity contribution in [2.45, 2.75) is 38.5 Å². The standard InChI is InChI=1S/C13H23NS/c1-15-14-8-4-2-3-5-12-9-11-6-7-13(12)10-11/h6-7,11-14H,2-5,8-10H2,1H3. The van der Waals surface area contributed by atoms with Gasteiger partial charge in [-0.2, -0.15) is 0 Å². The van der Waals surface area contributed by atoms with Gasteiger partial charge >= 0.3 is 0 Å². The van der Waals surface area contributed by atoms with Gasteiger partial charge in [0.1, 0.15) is 0 Å². The Bertz CT molecular complexity index is 215. The normalized spacial score (nSPS) is 32.7. The number of allylic oxidation sites excluding steroid dienone is 2. The van der Waals surface area contributed by atoms with Gasteiger partial charge in [0.2, 0.25) is 0 Å². The largest absolute Gasteiger partial charge is 0.264 e. The van der Waals surface area contributed by atoms with E-state index in [0.29, 0.717) is 0 Å². The van der Waals surface area contributed by atoms with Crippen LogP contribution in [0.3, 0.4) is 0 Å². The van der Waals surface area contributed by atoms with Gasteiger partial charge in [-0.3, -0.25) is 4.72 Å². The van der Waals surface area contributed by atoms with Gasteiger partial charge in [0.25, 0.3) is 0 Å². The van der Waals surface area contributed by atoms with E-state index in [9.17, 15) is 0 Å². The molecule has 0 amide bonds. The van der Waals surface area contributed by atoms with Gasteiger partial charge in [0.15, 0.2) is 0 Å². The molecule has 1 saturated carbocycles. The number of nitrogens with one attached hydrogen (secondary N) is 1. The second kappa shape index (κ2) is 5.95. The van der Waals surface area contributed by atoms with Crippen molar-refractivity contribution in [1.29, 1.82) is 0 Å². The van der Waals surface area contributed by atoms with Crippen LogP contribution in [0.4, 0.5) is 0 Å². The summed E-state index contributed by atoms with van der Waals surface area (Å²) in [7, 11) is 0. The summed E-state index contributed by atoms with van der Waals surface area (Å²) in [5.74, 6) is 2.95. The molecule has 2 heteroatoms. The van der Waals surface area contributed by atoms with Crippen LogP contribution in [0.15, 0.2) is 12.2 Å². The molecular weight excluding hydrogens is 202 g/mol. The molecule has 0 radical (unpaired) electrons. The van der Waals surface area contributed by atoms with E-state index in [2.05, 4.69) is 23.1 Å². The van der Waals surface area contributed by atoms with Crippen LogP contribution in [0, 0.1) is 17.8 Å². The Labute approximate surface area is 98.2 Å². The minimum absolute atomic E-state index is 0.957. The molecule has 2 aliphatic rings. The maximum Gasteiger partial charge on any atom is 0.00584 e. The third-order valence-electron chi connectivity index (χ3n) is 3.91. The molecule has 0 heterocycles. The predicted octanol–water partition coefficient (Wildman–Crippen LogP) is 3.63. The summed E-state index contributed by atoms with van der Waals surface area (Å²) in [5.41, 5.74) is 0. The van der Waals surface area contributed by atoms with E-state index in [4.69, 9.17) is 0 Å². The van der Waals surface area contributed by atoms with Crippen molar-refractivity contribution < 1.29 is 0 Å². The lowest BCUT2D eigenvalue weighted by Crippen LogP contribution is -2.07. The summed E-state index contributed by atoms with van der Waals surface area (Å²) < 4.78 is 3.31.